The monoisotopic (exact) mass is 234 g/mol. The minimum absolute atomic E-state index is 0.118. The van der Waals surface area contributed by atoms with Crippen molar-refractivity contribution in [1.82, 2.24) is 0 Å². The maximum atomic E-state index is 10.6. The molecule has 3 atom stereocenters. The second-order valence-corrected chi connectivity index (χ2v) is 4.83. The van der Waals surface area contributed by atoms with Crippen LogP contribution in [0.1, 0.15) is 32.8 Å². The molecular formula is C15H22O2. The third-order valence-corrected chi connectivity index (χ3v) is 3.13. The lowest BCUT2D eigenvalue weighted by Gasteiger charge is -2.21. The molecule has 0 N–H and O–H groups in total. The van der Waals surface area contributed by atoms with Crippen molar-refractivity contribution < 1.29 is 9.53 Å². The summed E-state index contributed by atoms with van der Waals surface area (Å²) in [5.74, 6) is 0.520. The highest BCUT2D eigenvalue weighted by Gasteiger charge is 2.15. The third-order valence-electron chi connectivity index (χ3n) is 3.13. The van der Waals surface area contributed by atoms with Crippen LogP contribution in [0.2, 0.25) is 0 Å². The molecule has 2 heteroatoms. The molecule has 0 amide bonds. The molecule has 0 aromatic heterocycles. The van der Waals surface area contributed by atoms with Crippen LogP contribution in [0.3, 0.4) is 0 Å². The largest absolute Gasteiger partial charge is 0.374 e. The van der Waals surface area contributed by atoms with Gasteiger partial charge in [0.1, 0.15) is 6.29 Å². The number of rotatable bonds is 7. The van der Waals surface area contributed by atoms with E-state index < -0.39 is 0 Å². The number of carbonyl (C=O) groups is 1. The number of benzene rings is 1. The summed E-state index contributed by atoms with van der Waals surface area (Å²) >= 11 is 0. The number of ether oxygens (including phenoxy) is 1. The van der Waals surface area contributed by atoms with Gasteiger partial charge in [-0.25, -0.2) is 0 Å². The Labute approximate surface area is 104 Å². The molecular weight excluding hydrogens is 212 g/mol. The molecule has 1 aromatic carbocycles. The topological polar surface area (TPSA) is 26.3 Å². The maximum absolute atomic E-state index is 10.6. The van der Waals surface area contributed by atoms with Crippen LogP contribution in [0.5, 0.6) is 0 Å². The van der Waals surface area contributed by atoms with Gasteiger partial charge in [0.2, 0.25) is 0 Å². The molecule has 1 aromatic rings. The summed E-state index contributed by atoms with van der Waals surface area (Å²) in [4.78, 5) is 10.6. The summed E-state index contributed by atoms with van der Waals surface area (Å²) < 4.78 is 5.82. The first-order valence-electron chi connectivity index (χ1n) is 6.24. The molecule has 0 saturated carbocycles. The zero-order valence-corrected chi connectivity index (χ0v) is 10.9. The summed E-state index contributed by atoms with van der Waals surface area (Å²) in [5, 5.41) is 0. The first kappa shape index (κ1) is 13.9. The zero-order chi connectivity index (χ0) is 12.7. The van der Waals surface area contributed by atoms with E-state index in [2.05, 4.69) is 26.0 Å². The van der Waals surface area contributed by atoms with E-state index in [1.165, 1.54) is 5.56 Å². The Kier molecular flexibility index (Phi) is 5.92. The van der Waals surface area contributed by atoms with Crippen molar-refractivity contribution in [2.24, 2.45) is 11.8 Å². The molecule has 0 aliphatic heterocycles. The van der Waals surface area contributed by atoms with Crippen molar-refractivity contribution in [3.8, 4) is 0 Å². The zero-order valence-electron chi connectivity index (χ0n) is 10.9. The molecule has 0 saturated heterocycles. The molecule has 0 aliphatic rings. The highest BCUT2D eigenvalue weighted by molar-refractivity contribution is 5.52. The van der Waals surface area contributed by atoms with Gasteiger partial charge in [0.15, 0.2) is 0 Å². The van der Waals surface area contributed by atoms with Crippen LogP contribution in [0.25, 0.3) is 0 Å². The Hall–Kier alpha value is -1.15. The van der Waals surface area contributed by atoms with Gasteiger partial charge in [-0.2, -0.15) is 0 Å². The first-order chi connectivity index (χ1) is 8.13. The normalized spacial score (nSPS) is 16.2. The second-order valence-electron chi connectivity index (χ2n) is 4.83. The van der Waals surface area contributed by atoms with Crippen LogP contribution >= 0.6 is 0 Å². The summed E-state index contributed by atoms with van der Waals surface area (Å²) in [6.45, 7) is 6.80. The lowest BCUT2D eigenvalue weighted by molar-refractivity contribution is -0.111. The van der Waals surface area contributed by atoms with Crippen LogP contribution in [-0.4, -0.2) is 12.4 Å². The van der Waals surface area contributed by atoms with Gasteiger partial charge in [0, 0.05) is 5.92 Å². The Bertz CT molecular complexity index is 321. The molecule has 0 bridgehead atoms. The number of hydrogen-bond donors (Lipinski definition) is 0. The van der Waals surface area contributed by atoms with E-state index in [0.29, 0.717) is 12.5 Å². The molecule has 2 nitrogen and oxygen atoms in total. The van der Waals surface area contributed by atoms with Gasteiger partial charge in [0.25, 0.3) is 0 Å². The summed E-state index contributed by atoms with van der Waals surface area (Å²) in [6, 6.07) is 10.2. The van der Waals surface area contributed by atoms with E-state index in [1.807, 2.05) is 25.1 Å². The van der Waals surface area contributed by atoms with Gasteiger partial charge in [0.05, 0.1) is 12.7 Å². The first-order valence-corrected chi connectivity index (χ1v) is 6.24. The van der Waals surface area contributed by atoms with Crippen LogP contribution in [-0.2, 0) is 16.1 Å². The lowest BCUT2D eigenvalue weighted by atomic mass is 9.94. The minimum atomic E-state index is 0.118. The van der Waals surface area contributed by atoms with Crippen molar-refractivity contribution >= 4 is 6.29 Å². The summed E-state index contributed by atoms with van der Waals surface area (Å²) in [6.07, 6.45) is 2.08. The van der Waals surface area contributed by atoms with Crippen LogP contribution in [0.15, 0.2) is 30.3 Å². The van der Waals surface area contributed by atoms with Gasteiger partial charge < -0.3 is 9.53 Å². The van der Waals surface area contributed by atoms with Crippen LogP contribution < -0.4 is 0 Å². The minimum Gasteiger partial charge on any atom is -0.374 e. The Morgan fingerprint density at radius 3 is 2.41 bits per heavy atom. The molecule has 1 unspecified atom stereocenters. The second kappa shape index (κ2) is 7.23. The summed E-state index contributed by atoms with van der Waals surface area (Å²) in [5.41, 5.74) is 1.19. The van der Waals surface area contributed by atoms with Gasteiger partial charge >= 0.3 is 0 Å². The number of aldehydes is 1. The average Bonchev–Trinajstić information content (AvgIpc) is 2.36. The maximum Gasteiger partial charge on any atom is 0.122 e. The van der Waals surface area contributed by atoms with E-state index >= 15 is 0 Å². The van der Waals surface area contributed by atoms with E-state index in [-0.39, 0.29) is 12.0 Å². The van der Waals surface area contributed by atoms with Gasteiger partial charge in [-0.3, -0.25) is 0 Å². The summed E-state index contributed by atoms with van der Waals surface area (Å²) in [7, 11) is 0. The predicted octanol–water partition coefficient (Wildman–Crippen LogP) is 3.45. The predicted molar refractivity (Wildman–Crippen MR) is 69.7 cm³/mol. The van der Waals surface area contributed by atoms with Gasteiger partial charge in [-0.05, 0) is 24.8 Å². The molecule has 0 fully saturated rings. The number of carbonyl (C=O) groups excluding carboxylic acids is 1. The highest BCUT2D eigenvalue weighted by Crippen LogP contribution is 2.17. The Morgan fingerprint density at radius 2 is 1.82 bits per heavy atom. The standard InChI is InChI=1S/C15H22O2/c1-12(10-16)9-13(2)14(3)17-11-15-7-5-4-6-8-15/h4-8,10,12-14H,9,11H2,1-3H3/t12-,13-,14?/m1/s1. The molecule has 17 heavy (non-hydrogen) atoms. The third kappa shape index (κ3) is 5.14. The van der Waals surface area contributed by atoms with Gasteiger partial charge in [-0.1, -0.05) is 44.2 Å². The SMILES string of the molecule is CC(OCc1ccccc1)[C@H](C)C[C@@H](C)C=O. The lowest BCUT2D eigenvalue weighted by Crippen LogP contribution is -2.20. The van der Waals surface area contributed by atoms with Crippen molar-refractivity contribution in [1.29, 1.82) is 0 Å². The van der Waals surface area contributed by atoms with E-state index in [9.17, 15) is 4.79 Å². The van der Waals surface area contributed by atoms with Crippen molar-refractivity contribution in [2.45, 2.75) is 39.9 Å². The molecule has 94 valence electrons. The van der Waals surface area contributed by atoms with Gasteiger partial charge in [-0.15, -0.1) is 0 Å². The fourth-order valence-electron chi connectivity index (χ4n) is 1.80. The van der Waals surface area contributed by atoms with Crippen LogP contribution in [0.4, 0.5) is 0 Å². The molecule has 0 spiro atoms. The van der Waals surface area contributed by atoms with Crippen molar-refractivity contribution in [2.75, 3.05) is 0 Å². The Balaban J connectivity index is 2.34. The highest BCUT2D eigenvalue weighted by atomic mass is 16.5. The van der Waals surface area contributed by atoms with Crippen molar-refractivity contribution in [3.63, 3.8) is 0 Å². The molecule has 0 aliphatic carbocycles. The quantitative estimate of drug-likeness (QED) is 0.675. The Morgan fingerprint density at radius 1 is 1.18 bits per heavy atom. The number of hydrogen-bond acceptors (Lipinski definition) is 2. The molecule has 1 rings (SSSR count). The molecule has 0 radical (unpaired) electrons. The average molecular weight is 234 g/mol. The smallest absolute Gasteiger partial charge is 0.122 e. The van der Waals surface area contributed by atoms with E-state index in [1.54, 1.807) is 0 Å². The molecule has 0 heterocycles. The van der Waals surface area contributed by atoms with Crippen molar-refractivity contribution in [3.05, 3.63) is 35.9 Å². The fourth-order valence-corrected chi connectivity index (χ4v) is 1.80. The van der Waals surface area contributed by atoms with Crippen LogP contribution in [0, 0.1) is 11.8 Å². The fraction of sp³-hybridized carbons (Fsp3) is 0.533. The van der Waals surface area contributed by atoms with E-state index in [4.69, 9.17) is 4.74 Å². The van der Waals surface area contributed by atoms with E-state index in [0.717, 1.165) is 12.7 Å².